The lowest BCUT2D eigenvalue weighted by atomic mass is 10.1. The SMILES string of the molecule is CC(CC1CC1)NC1CCc2c(F)cccc21. The highest BCUT2D eigenvalue weighted by Crippen LogP contribution is 2.36. The lowest BCUT2D eigenvalue weighted by molar-refractivity contribution is 0.419. The molecule has 3 rings (SSSR count). The maximum Gasteiger partial charge on any atom is 0.126 e. The molecule has 1 aromatic rings. The van der Waals surface area contributed by atoms with Gasteiger partial charge in [-0.2, -0.15) is 0 Å². The quantitative estimate of drug-likeness (QED) is 0.838. The van der Waals surface area contributed by atoms with Crippen molar-refractivity contribution in [1.29, 1.82) is 0 Å². The molecule has 0 radical (unpaired) electrons. The van der Waals surface area contributed by atoms with Crippen LogP contribution in [0.3, 0.4) is 0 Å². The van der Waals surface area contributed by atoms with Crippen molar-refractivity contribution < 1.29 is 4.39 Å². The van der Waals surface area contributed by atoms with Crippen molar-refractivity contribution in [3.8, 4) is 0 Å². The van der Waals surface area contributed by atoms with Crippen LogP contribution in [-0.4, -0.2) is 6.04 Å². The van der Waals surface area contributed by atoms with Gasteiger partial charge in [-0.1, -0.05) is 25.0 Å². The Morgan fingerprint density at radius 3 is 2.94 bits per heavy atom. The van der Waals surface area contributed by atoms with Gasteiger partial charge in [-0.15, -0.1) is 0 Å². The van der Waals surface area contributed by atoms with E-state index in [1.165, 1.54) is 24.8 Å². The first-order valence-electron chi connectivity index (χ1n) is 6.77. The fourth-order valence-corrected chi connectivity index (χ4v) is 3.05. The molecule has 0 bridgehead atoms. The minimum Gasteiger partial charge on any atom is -0.307 e. The summed E-state index contributed by atoms with van der Waals surface area (Å²) in [7, 11) is 0. The normalized spacial score (nSPS) is 24.7. The summed E-state index contributed by atoms with van der Waals surface area (Å²) in [6.45, 7) is 2.26. The summed E-state index contributed by atoms with van der Waals surface area (Å²) < 4.78 is 13.6. The predicted molar refractivity (Wildman–Crippen MR) is 67.4 cm³/mol. The largest absolute Gasteiger partial charge is 0.307 e. The number of halogens is 1. The average Bonchev–Trinajstić information content (AvgIpc) is 3.00. The number of nitrogens with one attached hydrogen (secondary N) is 1. The van der Waals surface area contributed by atoms with E-state index in [0.717, 1.165) is 24.3 Å². The van der Waals surface area contributed by atoms with E-state index in [4.69, 9.17) is 0 Å². The van der Waals surface area contributed by atoms with E-state index in [2.05, 4.69) is 18.3 Å². The summed E-state index contributed by atoms with van der Waals surface area (Å²) in [6, 6.07) is 6.41. The monoisotopic (exact) mass is 233 g/mol. The van der Waals surface area contributed by atoms with Crippen molar-refractivity contribution >= 4 is 0 Å². The Bertz CT molecular complexity index is 411. The minimum atomic E-state index is -0.0263. The van der Waals surface area contributed by atoms with Crippen LogP contribution in [0.15, 0.2) is 18.2 Å². The summed E-state index contributed by atoms with van der Waals surface area (Å²) >= 11 is 0. The molecule has 2 aliphatic rings. The van der Waals surface area contributed by atoms with Gasteiger partial charge < -0.3 is 5.32 Å². The first-order chi connectivity index (χ1) is 8.24. The third-order valence-electron chi connectivity index (χ3n) is 4.08. The number of benzene rings is 1. The Hall–Kier alpha value is -0.890. The average molecular weight is 233 g/mol. The summed E-state index contributed by atoms with van der Waals surface area (Å²) in [4.78, 5) is 0. The molecule has 0 saturated heterocycles. The minimum absolute atomic E-state index is 0.0263. The lowest BCUT2D eigenvalue weighted by Gasteiger charge is -2.20. The van der Waals surface area contributed by atoms with Gasteiger partial charge in [0.05, 0.1) is 0 Å². The van der Waals surface area contributed by atoms with E-state index >= 15 is 0 Å². The Labute approximate surface area is 102 Å². The molecular weight excluding hydrogens is 213 g/mol. The van der Waals surface area contributed by atoms with Gasteiger partial charge in [0, 0.05) is 12.1 Å². The molecule has 1 saturated carbocycles. The van der Waals surface area contributed by atoms with Crippen molar-refractivity contribution in [1.82, 2.24) is 5.32 Å². The van der Waals surface area contributed by atoms with Crippen molar-refractivity contribution in [2.75, 3.05) is 0 Å². The maximum atomic E-state index is 13.6. The first-order valence-corrected chi connectivity index (χ1v) is 6.77. The van der Waals surface area contributed by atoms with E-state index < -0.39 is 0 Å². The van der Waals surface area contributed by atoms with Gasteiger partial charge in [-0.25, -0.2) is 4.39 Å². The molecule has 1 aromatic carbocycles. The van der Waals surface area contributed by atoms with Crippen LogP contribution in [-0.2, 0) is 6.42 Å². The molecule has 0 aliphatic heterocycles. The van der Waals surface area contributed by atoms with Gasteiger partial charge in [0.25, 0.3) is 0 Å². The van der Waals surface area contributed by atoms with Crippen molar-refractivity contribution in [2.45, 2.75) is 51.1 Å². The highest BCUT2D eigenvalue weighted by Gasteiger charge is 2.28. The van der Waals surface area contributed by atoms with Gasteiger partial charge in [-0.05, 0) is 49.3 Å². The smallest absolute Gasteiger partial charge is 0.126 e. The zero-order valence-electron chi connectivity index (χ0n) is 10.4. The third-order valence-corrected chi connectivity index (χ3v) is 4.08. The van der Waals surface area contributed by atoms with E-state index in [1.807, 2.05) is 6.07 Å². The summed E-state index contributed by atoms with van der Waals surface area (Å²) in [5.41, 5.74) is 2.12. The number of rotatable bonds is 4. The first kappa shape index (κ1) is 11.2. The molecule has 2 heteroatoms. The molecular formula is C15H20FN. The van der Waals surface area contributed by atoms with Crippen LogP contribution in [0.5, 0.6) is 0 Å². The van der Waals surface area contributed by atoms with Gasteiger partial charge in [-0.3, -0.25) is 0 Å². The molecule has 1 nitrogen and oxygen atoms in total. The summed E-state index contributed by atoms with van der Waals surface area (Å²) in [5.74, 6) is 0.924. The van der Waals surface area contributed by atoms with Crippen LogP contribution in [0.25, 0.3) is 0 Å². The lowest BCUT2D eigenvalue weighted by Crippen LogP contribution is -2.29. The fourth-order valence-electron chi connectivity index (χ4n) is 3.05. The Kier molecular flexibility index (Phi) is 2.91. The molecule has 0 aromatic heterocycles. The molecule has 1 N–H and O–H groups in total. The topological polar surface area (TPSA) is 12.0 Å². The van der Waals surface area contributed by atoms with E-state index in [9.17, 15) is 4.39 Å². The molecule has 92 valence electrons. The van der Waals surface area contributed by atoms with Gasteiger partial charge >= 0.3 is 0 Å². The maximum absolute atomic E-state index is 13.6. The summed E-state index contributed by atoms with van der Waals surface area (Å²) in [6.07, 6.45) is 6.02. The zero-order valence-corrected chi connectivity index (χ0v) is 10.4. The van der Waals surface area contributed by atoms with Crippen molar-refractivity contribution in [3.63, 3.8) is 0 Å². The van der Waals surface area contributed by atoms with Crippen LogP contribution in [0.4, 0.5) is 4.39 Å². The predicted octanol–water partition coefficient (Wildman–Crippen LogP) is 3.59. The van der Waals surface area contributed by atoms with Crippen molar-refractivity contribution in [2.24, 2.45) is 5.92 Å². The summed E-state index contributed by atoms with van der Waals surface area (Å²) in [5, 5.41) is 3.67. The van der Waals surface area contributed by atoms with Crippen LogP contribution < -0.4 is 5.32 Å². The zero-order chi connectivity index (χ0) is 11.8. The fraction of sp³-hybridized carbons (Fsp3) is 0.600. The van der Waals surface area contributed by atoms with Crippen LogP contribution in [0, 0.1) is 11.7 Å². The highest BCUT2D eigenvalue weighted by molar-refractivity contribution is 5.35. The van der Waals surface area contributed by atoms with E-state index in [1.54, 1.807) is 6.07 Å². The number of hydrogen-bond acceptors (Lipinski definition) is 1. The van der Waals surface area contributed by atoms with Crippen LogP contribution in [0.1, 0.15) is 49.8 Å². The molecule has 0 heterocycles. The second-order valence-electron chi connectivity index (χ2n) is 5.65. The molecule has 2 unspecified atom stereocenters. The van der Waals surface area contributed by atoms with Crippen molar-refractivity contribution in [3.05, 3.63) is 35.1 Å². The molecule has 2 aliphatic carbocycles. The highest BCUT2D eigenvalue weighted by atomic mass is 19.1. The second kappa shape index (κ2) is 4.41. The van der Waals surface area contributed by atoms with E-state index in [-0.39, 0.29) is 5.82 Å². The van der Waals surface area contributed by atoms with Gasteiger partial charge in [0.1, 0.15) is 5.82 Å². The van der Waals surface area contributed by atoms with Gasteiger partial charge in [0.2, 0.25) is 0 Å². The number of hydrogen-bond donors (Lipinski definition) is 1. The van der Waals surface area contributed by atoms with Crippen LogP contribution >= 0.6 is 0 Å². The third kappa shape index (κ3) is 2.37. The van der Waals surface area contributed by atoms with Gasteiger partial charge in [0.15, 0.2) is 0 Å². The molecule has 1 fully saturated rings. The molecule has 0 amide bonds. The molecule has 17 heavy (non-hydrogen) atoms. The standard InChI is InChI=1S/C15H20FN/c1-10(9-11-5-6-11)17-15-8-7-12-13(15)3-2-4-14(12)16/h2-4,10-11,15,17H,5-9H2,1H3. The Morgan fingerprint density at radius 1 is 1.35 bits per heavy atom. The second-order valence-corrected chi connectivity index (χ2v) is 5.65. The molecule has 2 atom stereocenters. The number of fused-ring (bicyclic) bond motifs is 1. The van der Waals surface area contributed by atoms with E-state index in [0.29, 0.717) is 12.1 Å². The molecule has 0 spiro atoms. The Morgan fingerprint density at radius 2 is 2.18 bits per heavy atom. The Balaban J connectivity index is 1.68. The van der Waals surface area contributed by atoms with Crippen LogP contribution in [0.2, 0.25) is 0 Å².